The number of thiocarbonyl (C=S) groups is 1. The molecule has 1 heterocycles. The minimum atomic E-state index is -1.10. The van der Waals surface area contributed by atoms with Crippen molar-refractivity contribution in [1.29, 1.82) is 0 Å². The quantitative estimate of drug-likeness (QED) is 0.635. The highest BCUT2D eigenvalue weighted by Crippen LogP contribution is 2.31. The molecule has 1 aromatic rings. The largest absolute Gasteiger partial charge is 0.480 e. The molecule has 2 rings (SSSR count). The molecule has 0 radical (unpaired) electrons. The third-order valence-electron chi connectivity index (χ3n) is 3.18. The van der Waals surface area contributed by atoms with Gasteiger partial charge in [-0.25, -0.2) is 0 Å². The van der Waals surface area contributed by atoms with E-state index < -0.39 is 17.9 Å². The van der Waals surface area contributed by atoms with Gasteiger partial charge in [0.1, 0.15) is 10.4 Å². The number of hydrogen-bond donors (Lipinski definition) is 2. The molecule has 0 saturated carbocycles. The second-order valence-electron chi connectivity index (χ2n) is 4.90. The van der Waals surface area contributed by atoms with Gasteiger partial charge in [0.15, 0.2) is 0 Å². The van der Waals surface area contributed by atoms with E-state index in [1.807, 2.05) is 0 Å². The van der Waals surface area contributed by atoms with Gasteiger partial charge in [-0.3, -0.25) is 19.3 Å². The summed E-state index contributed by atoms with van der Waals surface area (Å²) in [6, 6.07) is 5.55. The van der Waals surface area contributed by atoms with Crippen LogP contribution in [0.3, 0.4) is 0 Å². The van der Waals surface area contributed by atoms with Gasteiger partial charge in [-0.2, -0.15) is 0 Å². The number of hydrogen-bond acceptors (Lipinski definition) is 5. The van der Waals surface area contributed by atoms with Crippen LogP contribution in [0.2, 0.25) is 0 Å². The molecule has 2 N–H and O–H groups in total. The van der Waals surface area contributed by atoms with Crippen LogP contribution in [0.15, 0.2) is 29.2 Å². The van der Waals surface area contributed by atoms with E-state index in [4.69, 9.17) is 17.3 Å². The smallest absolute Gasteiger partial charge is 0.325 e. The van der Waals surface area contributed by atoms with Crippen molar-refractivity contribution < 1.29 is 19.5 Å². The molecule has 0 aromatic heterocycles. The van der Waals surface area contributed by atoms with Crippen molar-refractivity contribution in [3.05, 3.63) is 40.3 Å². The number of carboxylic acids is 1. The molecule has 0 spiro atoms. The molecule has 2 amide bonds. The fourth-order valence-corrected chi connectivity index (χ4v) is 2.95. The van der Waals surface area contributed by atoms with Crippen molar-refractivity contribution in [2.75, 3.05) is 7.05 Å². The molecule has 1 aliphatic heterocycles. The Kier molecular flexibility index (Phi) is 5.17. The van der Waals surface area contributed by atoms with Crippen LogP contribution in [-0.4, -0.2) is 45.2 Å². The molecule has 120 valence electrons. The van der Waals surface area contributed by atoms with E-state index >= 15 is 0 Å². The van der Waals surface area contributed by atoms with Gasteiger partial charge in [-0.1, -0.05) is 36.1 Å². The number of likely N-dealkylation sites (N-methyl/N-ethyl adjacent to an activating group) is 1. The van der Waals surface area contributed by atoms with Gasteiger partial charge in [-0.15, -0.1) is 0 Å². The Hall–Kier alpha value is -2.19. The van der Waals surface area contributed by atoms with Gasteiger partial charge in [0, 0.05) is 12.6 Å². The highest BCUT2D eigenvalue weighted by Gasteiger charge is 2.28. The third-order valence-corrected chi connectivity index (χ3v) is 4.66. The second-order valence-corrected chi connectivity index (χ2v) is 6.57. The Morgan fingerprint density at radius 1 is 1.35 bits per heavy atom. The first-order chi connectivity index (χ1) is 10.8. The predicted molar refractivity (Wildman–Crippen MR) is 91.9 cm³/mol. The minimum absolute atomic E-state index is 0.155. The zero-order valence-corrected chi connectivity index (χ0v) is 14.0. The van der Waals surface area contributed by atoms with E-state index in [1.54, 1.807) is 37.4 Å². The summed E-state index contributed by atoms with van der Waals surface area (Å²) in [5.74, 6) is -1.72. The maximum atomic E-state index is 11.9. The molecule has 23 heavy (non-hydrogen) atoms. The number of thioether (sulfide) groups is 1. The van der Waals surface area contributed by atoms with Crippen LogP contribution in [0, 0.1) is 0 Å². The highest BCUT2D eigenvalue weighted by atomic mass is 32.2. The standard InChI is InChI=1S/C15H14N2O4S2/c1-8(14(20)21)16-12(18)10-5-3-9(4-6-10)7-11-13(19)17(2)15(22)23-11/h3-8H,1-2H3,(H,16,18)(H,20,21)/b11-7-/t8-/m0/s1. The number of nitrogens with one attached hydrogen (secondary N) is 1. The van der Waals surface area contributed by atoms with Gasteiger partial charge < -0.3 is 10.4 Å². The summed E-state index contributed by atoms with van der Waals surface area (Å²) >= 11 is 6.28. The number of carboxylic acid groups (broad SMARTS) is 1. The molecule has 1 aliphatic rings. The Balaban J connectivity index is 2.11. The van der Waals surface area contributed by atoms with Crippen molar-refractivity contribution in [2.45, 2.75) is 13.0 Å². The first-order valence-electron chi connectivity index (χ1n) is 6.65. The predicted octanol–water partition coefficient (Wildman–Crippen LogP) is 1.72. The van der Waals surface area contributed by atoms with Gasteiger partial charge in [-0.05, 0) is 30.7 Å². The number of aliphatic carboxylic acids is 1. The maximum absolute atomic E-state index is 11.9. The molecule has 6 nitrogen and oxygen atoms in total. The molecule has 1 fully saturated rings. The summed E-state index contributed by atoms with van der Waals surface area (Å²) in [4.78, 5) is 36.4. The van der Waals surface area contributed by atoms with Crippen LogP contribution in [0.5, 0.6) is 0 Å². The summed E-state index contributed by atoms with van der Waals surface area (Å²) < 4.78 is 0.500. The summed E-state index contributed by atoms with van der Waals surface area (Å²) in [7, 11) is 1.62. The Labute approximate surface area is 142 Å². The van der Waals surface area contributed by atoms with Gasteiger partial charge in [0.2, 0.25) is 0 Å². The van der Waals surface area contributed by atoms with Crippen LogP contribution >= 0.6 is 24.0 Å². The van der Waals surface area contributed by atoms with Crippen molar-refractivity contribution in [2.24, 2.45) is 0 Å². The summed E-state index contributed by atoms with van der Waals surface area (Å²) in [5, 5.41) is 11.1. The molecular formula is C15H14N2O4S2. The number of carbonyl (C=O) groups is 3. The van der Waals surface area contributed by atoms with E-state index in [0.29, 0.717) is 14.8 Å². The van der Waals surface area contributed by atoms with E-state index in [0.717, 1.165) is 5.56 Å². The lowest BCUT2D eigenvalue weighted by atomic mass is 10.1. The number of rotatable bonds is 4. The lowest BCUT2D eigenvalue weighted by molar-refractivity contribution is -0.138. The Morgan fingerprint density at radius 3 is 2.43 bits per heavy atom. The molecule has 0 aliphatic carbocycles. The van der Waals surface area contributed by atoms with Crippen LogP contribution in [0.4, 0.5) is 0 Å². The van der Waals surface area contributed by atoms with Crippen LogP contribution in [-0.2, 0) is 9.59 Å². The molecule has 8 heteroatoms. The van der Waals surface area contributed by atoms with E-state index in [-0.39, 0.29) is 5.91 Å². The fraction of sp³-hybridized carbons (Fsp3) is 0.200. The van der Waals surface area contributed by atoms with Gasteiger partial charge in [0.05, 0.1) is 4.91 Å². The summed E-state index contributed by atoms with van der Waals surface area (Å²) in [5.41, 5.74) is 1.10. The van der Waals surface area contributed by atoms with E-state index in [9.17, 15) is 14.4 Å². The van der Waals surface area contributed by atoms with E-state index in [1.165, 1.54) is 23.6 Å². The SMILES string of the molecule is C[C@H](NC(=O)c1ccc(/C=C2\SC(=S)N(C)C2=O)cc1)C(=O)O. The highest BCUT2D eigenvalue weighted by molar-refractivity contribution is 8.26. The molecule has 1 aromatic carbocycles. The van der Waals surface area contributed by atoms with Gasteiger partial charge >= 0.3 is 5.97 Å². The second kappa shape index (κ2) is 6.93. The number of amides is 2. The first kappa shape index (κ1) is 17.2. The lowest BCUT2D eigenvalue weighted by Crippen LogP contribution is -2.38. The average Bonchev–Trinajstić information content (AvgIpc) is 2.75. The zero-order valence-electron chi connectivity index (χ0n) is 12.4. The van der Waals surface area contributed by atoms with Crippen LogP contribution in [0.1, 0.15) is 22.8 Å². The third kappa shape index (κ3) is 3.96. The molecule has 0 bridgehead atoms. The molecule has 0 unspecified atom stereocenters. The summed E-state index contributed by atoms with van der Waals surface area (Å²) in [6.07, 6.45) is 1.70. The maximum Gasteiger partial charge on any atom is 0.325 e. The Bertz CT molecular complexity index is 713. The van der Waals surface area contributed by atoms with Crippen molar-refractivity contribution in [3.8, 4) is 0 Å². The number of nitrogens with zero attached hydrogens (tertiary/aromatic N) is 1. The van der Waals surface area contributed by atoms with Crippen molar-refractivity contribution >= 4 is 52.2 Å². The fourth-order valence-electron chi connectivity index (χ4n) is 1.77. The topological polar surface area (TPSA) is 86.7 Å². The van der Waals surface area contributed by atoms with E-state index in [2.05, 4.69) is 5.32 Å². The van der Waals surface area contributed by atoms with Crippen LogP contribution < -0.4 is 5.32 Å². The van der Waals surface area contributed by atoms with Crippen LogP contribution in [0.25, 0.3) is 6.08 Å². The van der Waals surface area contributed by atoms with Gasteiger partial charge in [0.25, 0.3) is 11.8 Å². The summed E-state index contributed by atoms with van der Waals surface area (Å²) in [6.45, 7) is 1.39. The number of carbonyl (C=O) groups excluding carboxylic acids is 2. The average molecular weight is 350 g/mol. The Morgan fingerprint density at radius 2 is 1.96 bits per heavy atom. The van der Waals surface area contributed by atoms with Crippen molar-refractivity contribution in [3.63, 3.8) is 0 Å². The molecule has 1 atom stereocenters. The first-order valence-corrected chi connectivity index (χ1v) is 7.87. The molecular weight excluding hydrogens is 336 g/mol. The lowest BCUT2D eigenvalue weighted by Gasteiger charge is -2.09. The minimum Gasteiger partial charge on any atom is -0.480 e. The van der Waals surface area contributed by atoms with Crippen molar-refractivity contribution in [1.82, 2.24) is 10.2 Å². The number of benzene rings is 1. The molecule has 1 saturated heterocycles. The zero-order chi connectivity index (χ0) is 17.1. The monoisotopic (exact) mass is 350 g/mol. The normalized spacial score (nSPS) is 17.5.